The van der Waals surface area contributed by atoms with Gasteiger partial charge in [-0.05, 0) is 137 Å². The van der Waals surface area contributed by atoms with E-state index in [1.807, 2.05) is 58.1 Å². The number of rotatable bonds is 35. The smallest absolute Gasteiger partial charge is 0.407 e. The molecular formula is C68H116N6O15Si3. The van der Waals surface area contributed by atoms with Crippen molar-refractivity contribution in [3.05, 3.63) is 71.8 Å². The number of benzene rings is 2. The van der Waals surface area contributed by atoms with Gasteiger partial charge in [0.25, 0.3) is 5.91 Å². The molecule has 1 unspecified atom stereocenters. The summed E-state index contributed by atoms with van der Waals surface area (Å²) in [5.74, 6) is -6.12. The standard InChI is InChI=1S/C68H116N6O15Si3/c1-22-92(23-2,24-3)89-59(61(79)72-54(64(82)87-66(9,10)11)44-85-90(18,19)67(12,13)14)53(41-51(86-63(81)47(7)70-48(8)75)36-31-37-52(40-49-32-27-25-28-33-49)88-91(20,21)68(15,16)17)71-60(78)57-46(6)38-39-74(57)62(80)56(58(77)45(4)5)73-55(76)42-69-65(83)84-43-50-34-29-26-30-35-50/h25-30,32-35,45-47,51-54,56-59,77H,22-24,31,36-44H2,1-21H3,(H,69,83)(H,70,75)(H,71,78)(H,72,79)(H,73,76)/t46-,47?,51-,52+,53+,54+,56+,57-,58-,59-/m0/s1. The monoisotopic (exact) mass is 1340 g/mol. The van der Waals surface area contributed by atoms with Gasteiger partial charge in [0.1, 0.15) is 55.1 Å². The Morgan fingerprint density at radius 1 is 0.707 bits per heavy atom. The van der Waals surface area contributed by atoms with Crippen LogP contribution in [0, 0.1) is 11.8 Å². The van der Waals surface area contributed by atoms with Gasteiger partial charge in [-0.15, -0.1) is 0 Å². The topological polar surface area (TPSA) is 276 Å². The van der Waals surface area contributed by atoms with Gasteiger partial charge in [0, 0.05) is 26.0 Å². The molecule has 0 saturated carbocycles. The first-order chi connectivity index (χ1) is 42.6. The second-order valence-electron chi connectivity index (χ2n) is 29.3. The Balaban J connectivity index is 2.31. The average Bonchev–Trinajstić information content (AvgIpc) is 1.53. The minimum Gasteiger partial charge on any atom is -0.461 e. The fourth-order valence-electron chi connectivity index (χ4n) is 10.4. The molecule has 0 bridgehead atoms. The quantitative estimate of drug-likeness (QED) is 0.0213. The Labute approximate surface area is 553 Å². The molecule has 2 aromatic rings. The largest absolute Gasteiger partial charge is 0.461 e. The highest BCUT2D eigenvalue weighted by molar-refractivity contribution is 6.74. The third kappa shape index (κ3) is 25.7. The zero-order chi connectivity index (χ0) is 69.7. The maximum atomic E-state index is 15.9. The number of hydrogen-bond acceptors (Lipinski definition) is 15. The number of carbonyl (C=O) groups excluding carboxylic acids is 8. The summed E-state index contributed by atoms with van der Waals surface area (Å²) in [7, 11) is -7.87. The Morgan fingerprint density at radius 2 is 1.26 bits per heavy atom. The average molecular weight is 1340 g/mol. The molecule has 0 radical (unpaired) electrons. The van der Waals surface area contributed by atoms with Gasteiger partial charge < -0.3 is 64.1 Å². The number of likely N-dealkylation sites (tertiary alicyclic amines) is 1. The zero-order valence-electron chi connectivity index (χ0n) is 59.4. The number of nitrogens with one attached hydrogen (secondary N) is 5. The minimum atomic E-state index is -2.93. The van der Waals surface area contributed by atoms with Crippen LogP contribution in [0.1, 0.15) is 161 Å². The van der Waals surface area contributed by atoms with Crippen LogP contribution in [0.3, 0.4) is 0 Å². The first-order valence-electron chi connectivity index (χ1n) is 33.2. The molecule has 92 heavy (non-hydrogen) atoms. The van der Waals surface area contributed by atoms with Crippen LogP contribution in [0.2, 0.25) is 54.4 Å². The predicted molar refractivity (Wildman–Crippen MR) is 365 cm³/mol. The number of nitrogens with zero attached hydrogens (tertiary/aromatic N) is 1. The molecule has 24 heteroatoms. The van der Waals surface area contributed by atoms with Gasteiger partial charge in [-0.3, -0.25) is 24.0 Å². The van der Waals surface area contributed by atoms with Crippen LogP contribution in [0.4, 0.5) is 4.79 Å². The molecule has 6 N–H and O–H groups in total. The molecule has 3 rings (SSSR count). The number of ether oxygens (including phenoxy) is 3. The normalized spacial score (nSPS) is 17.6. The molecule has 1 heterocycles. The lowest BCUT2D eigenvalue weighted by atomic mass is 9.95. The van der Waals surface area contributed by atoms with Crippen LogP contribution in [0.15, 0.2) is 60.7 Å². The Hall–Kier alpha value is -5.51. The van der Waals surface area contributed by atoms with Crippen molar-refractivity contribution in [2.24, 2.45) is 11.8 Å². The van der Waals surface area contributed by atoms with E-state index in [2.05, 4.69) is 93.4 Å². The molecule has 0 aromatic heterocycles. The summed E-state index contributed by atoms with van der Waals surface area (Å²) >= 11 is 0. The van der Waals surface area contributed by atoms with E-state index in [4.69, 9.17) is 27.5 Å². The van der Waals surface area contributed by atoms with Gasteiger partial charge in [-0.1, -0.05) is 144 Å². The molecule has 1 aliphatic heterocycles. The number of esters is 2. The van der Waals surface area contributed by atoms with E-state index in [0.29, 0.717) is 43.8 Å². The molecule has 0 spiro atoms. The first-order valence-corrected chi connectivity index (χ1v) is 41.5. The lowest BCUT2D eigenvalue weighted by Crippen LogP contribution is -2.63. The number of amides is 6. The number of alkyl carbamates (subject to hydrolysis) is 1. The lowest BCUT2D eigenvalue weighted by molar-refractivity contribution is -0.160. The minimum absolute atomic E-state index is 0.0378. The summed E-state index contributed by atoms with van der Waals surface area (Å²) < 4.78 is 38.7. The predicted octanol–water partition coefficient (Wildman–Crippen LogP) is 10.0. The highest BCUT2D eigenvalue weighted by Crippen LogP contribution is 2.39. The number of aliphatic hydroxyl groups is 1. The summed E-state index contributed by atoms with van der Waals surface area (Å²) in [5.41, 5.74) is 0.840. The Morgan fingerprint density at radius 3 is 1.78 bits per heavy atom. The molecule has 6 amide bonds. The van der Waals surface area contributed by atoms with Crippen LogP contribution < -0.4 is 26.6 Å². The number of aliphatic hydroxyl groups excluding tert-OH is 1. The fourth-order valence-corrected chi connectivity index (χ4v) is 15.6. The van der Waals surface area contributed by atoms with Gasteiger partial charge in [0.2, 0.25) is 23.6 Å². The summed E-state index contributed by atoms with van der Waals surface area (Å²) in [6.45, 7) is 39.4. The molecule has 21 nitrogen and oxygen atoms in total. The van der Waals surface area contributed by atoms with Gasteiger partial charge in [0.05, 0.1) is 18.8 Å². The van der Waals surface area contributed by atoms with E-state index in [-0.39, 0.29) is 48.8 Å². The van der Waals surface area contributed by atoms with Gasteiger partial charge in [-0.2, -0.15) is 0 Å². The maximum Gasteiger partial charge on any atom is 0.407 e. The van der Waals surface area contributed by atoms with Crippen LogP contribution in [0.25, 0.3) is 0 Å². The lowest BCUT2D eigenvalue weighted by Gasteiger charge is -2.40. The molecule has 1 aliphatic rings. The first kappa shape index (κ1) is 80.7. The second kappa shape index (κ2) is 35.8. The highest BCUT2D eigenvalue weighted by atomic mass is 28.4. The van der Waals surface area contributed by atoms with Crippen molar-refractivity contribution in [3.8, 4) is 0 Å². The third-order valence-corrected chi connectivity index (χ3v) is 32.0. The Bertz CT molecular complexity index is 2690. The summed E-state index contributed by atoms with van der Waals surface area (Å²) in [6.07, 6.45) is -3.32. The van der Waals surface area contributed by atoms with E-state index < -0.39 is 145 Å². The molecule has 1 fully saturated rings. The number of hydrogen-bond donors (Lipinski definition) is 6. The van der Waals surface area contributed by atoms with Crippen molar-refractivity contribution >= 4 is 72.5 Å². The van der Waals surface area contributed by atoms with Crippen LogP contribution in [-0.2, 0) is 74.1 Å². The fraction of sp³-hybridized carbons (Fsp3) is 0.706. The van der Waals surface area contributed by atoms with E-state index in [1.165, 1.54) is 18.7 Å². The summed E-state index contributed by atoms with van der Waals surface area (Å²) in [4.78, 5) is 115. The third-order valence-electron chi connectivity index (χ3n) is 18.4. The van der Waals surface area contributed by atoms with Crippen LogP contribution >= 0.6 is 0 Å². The van der Waals surface area contributed by atoms with E-state index in [1.54, 1.807) is 65.8 Å². The maximum absolute atomic E-state index is 15.9. The van der Waals surface area contributed by atoms with Gasteiger partial charge >= 0.3 is 18.0 Å². The molecule has 10 atom stereocenters. The van der Waals surface area contributed by atoms with E-state index >= 15 is 14.4 Å². The molecule has 520 valence electrons. The van der Waals surface area contributed by atoms with Crippen molar-refractivity contribution < 1.29 is 71.0 Å². The van der Waals surface area contributed by atoms with E-state index in [0.717, 1.165) is 11.1 Å². The van der Waals surface area contributed by atoms with Gasteiger partial charge in [0.15, 0.2) is 25.0 Å². The van der Waals surface area contributed by atoms with Crippen molar-refractivity contribution in [3.63, 3.8) is 0 Å². The molecular weight excluding hydrogens is 1230 g/mol. The number of carbonyl (C=O) groups is 8. The highest BCUT2D eigenvalue weighted by Gasteiger charge is 2.48. The van der Waals surface area contributed by atoms with Crippen LogP contribution in [0.5, 0.6) is 0 Å². The Kier molecular flexibility index (Phi) is 31.4. The zero-order valence-corrected chi connectivity index (χ0v) is 62.4. The summed E-state index contributed by atoms with van der Waals surface area (Å²) in [6, 6.07) is 14.0. The molecule has 2 aromatic carbocycles. The second-order valence-corrected chi connectivity index (χ2v) is 43.6. The summed E-state index contributed by atoms with van der Waals surface area (Å²) in [5, 5.41) is 25.1. The van der Waals surface area contributed by atoms with E-state index in [9.17, 15) is 29.1 Å². The molecule has 0 aliphatic carbocycles. The van der Waals surface area contributed by atoms with Crippen molar-refractivity contribution in [2.45, 2.75) is 277 Å². The van der Waals surface area contributed by atoms with Crippen LogP contribution in [-0.4, -0.2) is 162 Å². The SMILES string of the molecule is CC[Si](CC)(CC)O[C@H](C(=O)N[C@H](CO[Si](C)(C)C(C)(C)C)C(=O)OC(C)(C)C)[C@@H](C[C@H](CCC[C@H](Cc1ccccc1)O[Si](C)(C)C(C)(C)C)OC(=O)C(C)NC(C)=O)NC(=O)[C@@H]1[C@@H](C)CCN1C(=O)[C@H](NC(=O)CNC(=O)OCc1ccccc1)[C@@H](O)C(C)C. The van der Waals surface area contributed by atoms with Crippen molar-refractivity contribution in [1.82, 2.24) is 31.5 Å². The van der Waals surface area contributed by atoms with Crippen molar-refractivity contribution in [1.29, 1.82) is 0 Å². The van der Waals surface area contributed by atoms with Crippen molar-refractivity contribution in [2.75, 3.05) is 19.7 Å². The molecule has 1 saturated heterocycles. The van der Waals surface area contributed by atoms with Gasteiger partial charge in [-0.25, -0.2) is 14.4 Å².